The number of carbonyl (C=O) groups is 1. The summed E-state index contributed by atoms with van der Waals surface area (Å²) in [7, 11) is -3.66. The predicted molar refractivity (Wildman–Crippen MR) is 99.5 cm³/mol. The third kappa shape index (κ3) is 4.71. The van der Waals surface area contributed by atoms with Gasteiger partial charge in [-0.3, -0.25) is 4.79 Å². The Bertz CT molecular complexity index is 940. The van der Waals surface area contributed by atoms with E-state index in [0.29, 0.717) is 43.1 Å². The van der Waals surface area contributed by atoms with Gasteiger partial charge >= 0.3 is 0 Å². The molecule has 1 fully saturated rings. The fourth-order valence-electron chi connectivity index (χ4n) is 2.92. The van der Waals surface area contributed by atoms with Gasteiger partial charge < -0.3 is 10.1 Å². The summed E-state index contributed by atoms with van der Waals surface area (Å²) in [6.45, 7) is 3.05. The monoisotopic (exact) mass is 392 g/mol. The molecule has 0 unspecified atom stereocenters. The molecule has 2 aromatic carbocycles. The highest BCUT2D eigenvalue weighted by Crippen LogP contribution is 2.24. The number of nitrogens with one attached hydrogen (secondary N) is 1. The minimum absolute atomic E-state index is 0.00279. The first-order valence-corrected chi connectivity index (χ1v) is 10.0. The van der Waals surface area contributed by atoms with Crippen molar-refractivity contribution in [2.75, 3.05) is 31.6 Å². The van der Waals surface area contributed by atoms with Crippen molar-refractivity contribution in [2.45, 2.75) is 18.2 Å². The van der Waals surface area contributed by atoms with Gasteiger partial charge in [0.15, 0.2) is 0 Å². The third-order valence-corrected chi connectivity index (χ3v) is 6.35. The summed E-state index contributed by atoms with van der Waals surface area (Å²) in [5.41, 5.74) is 1.53. The molecule has 27 heavy (non-hydrogen) atoms. The Kier molecular flexibility index (Phi) is 5.88. The van der Waals surface area contributed by atoms with Gasteiger partial charge in [-0.25, -0.2) is 12.8 Å². The molecule has 0 saturated carbocycles. The van der Waals surface area contributed by atoms with Gasteiger partial charge in [0.2, 0.25) is 15.9 Å². The lowest BCUT2D eigenvalue weighted by atomic mass is 10.1. The van der Waals surface area contributed by atoms with E-state index in [2.05, 4.69) is 5.32 Å². The van der Waals surface area contributed by atoms with Crippen molar-refractivity contribution in [3.8, 4) is 0 Å². The number of aryl methyl sites for hydroxylation is 1. The van der Waals surface area contributed by atoms with E-state index >= 15 is 0 Å². The minimum atomic E-state index is -3.66. The van der Waals surface area contributed by atoms with E-state index in [1.54, 1.807) is 25.1 Å². The van der Waals surface area contributed by atoms with Crippen LogP contribution < -0.4 is 5.32 Å². The van der Waals surface area contributed by atoms with Crippen LogP contribution in [0.3, 0.4) is 0 Å². The number of nitrogens with zero attached hydrogens (tertiary/aromatic N) is 1. The molecule has 8 heteroatoms. The van der Waals surface area contributed by atoms with Gasteiger partial charge in [-0.2, -0.15) is 4.31 Å². The molecule has 1 N–H and O–H groups in total. The summed E-state index contributed by atoms with van der Waals surface area (Å²) in [6.07, 6.45) is -0.00279. The maximum atomic E-state index is 13.2. The molecule has 1 saturated heterocycles. The summed E-state index contributed by atoms with van der Waals surface area (Å²) >= 11 is 0. The zero-order chi connectivity index (χ0) is 19.4. The Balaban J connectivity index is 1.77. The van der Waals surface area contributed by atoms with Crippen LogP contribution in [0.1, 0.15) is 11.1 Å². The molecule has 6 nitrogen and oxygen atoms in total. The maximum Gasteiger partial charge on any atom is 0.243 e. The van der Waals surface area contributed by atoms with Crippen LogP contribution in [0.15, 0.2) is 47.4 Å². The zero-order valence-electron chi connectivity index (χ0n) is 14.9. The molecule has 0 aliphatic carbocycles. The SMILES string of the molecule is Cc1ccc(NC(=O)Cc2cccc(F)c2)cc1S(=O)(=O)N1CCOCC1. The summed E-state index contributed by atoms with van der Waals surface area (Å²) < 4.78 is 45.6. The number of hydrogen-bond donors (Lipinski definition) is 1. The second-order valence-electron chi connectivity index (χ2n) is 6.35. The summed E-state index contributed by atoms with van der Waals surface area (Å²) in [6, 6.07) is 10.6. The zero-order valence-corrected chi connectivity index (χ0v) is 15.8. The van der Waals surface area contributed by atoms with Crippen LogP contribution >= 0.6 is 0 Å². The summed E-state index contributed by atoms with van der Waals surface area (Å²) in [4.78, 5) is 12.4. The average molecular weight is 392 g/mol. The lowest BCUT2D eigenvalue weighted by molar-refractivity contribution is -0.115. The Morgan fingerprint density at radius 2 is 1.93 bits per heavy atom. The molecule has 0 radical (unpaired) electrons. The topological polar surface area (TPSA) is 75.7 Å². The van der Waals surface area contributed by atoms with E-state index in [9.17, 15) is 17.6 Å². The van der Waals surface area contributed by atoms with Gasteiger partial charge in [-0.15, -0.1) is 0 Å². The predicted octanol–water partition coefficient (Wildman–Crippen LogP) is 2.34. The number of morpholine rings is 1. The van der Waals surface area contributed by atoms with Gasteiger partial charge in [-0.1, -0.05) is 18.2 Å². The normalized spacial score (nSPS) is 15.5. The van der Waals surface area contributed by atoms with Gasteiger partial charge in [0, 0.05) is 18.8 Å². The Morgan fingerprint density at radius 3 is 2.63 bits per heavy atom. The van der Waals surface area contributed by atoms with Crippen LogP contribution in [0.25, 0.3) is 0 Å². The third-order valence-electron chi connectivity index (χ3n) is 4.31. The van der Waals surface area contributed by atoms with Crippen molar-refractivity contribution in [3.63, 3.8) is 0 Å². The van der Waals surface area contributed by atoms with Gasteiger partial charge in [0.1, 0.15) is 5.82 Å². The average Bonchev–Trinajstić information content (AvgIpc) is 2.64. The van der Waals surface area contributed by atoms with Crippen molar-refractivity contribution in [2.24, 2.45) is 0 Å². The van der Waals surface area contributed by atoms with Crippen molar-refractivity contribution >= 4 is 21.6 Å². The van der Waals surface area contributed by atoms with Crippen molar-refractivity contribution in [1.29, 1.82) is 0 Å². The number of anilines is 1. The van der Waals surface area contributed by atoms with Crippen LogP contribution in [-0.4, -0.2) is 44.9 Å². The highest BCUT2D eigenvalue weighted by Gasteiger charge is 2.28. The van der Waals surface area contributed by atoms with E-state index in [0.717, 1.165) is 0 Å². The van der Waals surface area contributed by atoms with Crippen LogP contribution in [0.4, 0.5) is 10.1 Å². The number of hydrogen-bond acceptors (Lipinski definition) is 4. The number of halogens is 1. The van der Waals surface area contributed by atoms with Crippen molar-refractivity contribution in [3.05, 3.63) is 59.4 Å². The molecular weight excluding hydrogens is 371 g/mol. The Morgan fingerprint density at radius 1 is 1.19 bits per heavy atom. The van der Waals surface area contributed by atoms with Crippen LogP contribution in [0.5, 0.6) is 0 Å². The first-order chi connectivity index (χ1) is 12.9. The first kappa shape index (κ1) is 19.5. The quantitative estimate of drug-likeness (QED) is 0.848. The standard InChI is InChI=1S/C19H21FN2O4S/c1-14-5-6-17(21-19(23)12-15-3-2-4-16(20)11-15)13-18(14)27(24,25)22-7-9-26-10-8-22/h2-6,11,13H,7-10,12H2,1H3,(H,21,23). The van der Waals surface area contributed by atoms with Gasteiger partial charge in [0.05, 0.1) is 24.5 Å². The fraction of sp³-hybridized carbons (Fsp3) is 0.316. The lowest BCUT2D eigenvalue weighted by Gasteiger charge is -2.26. The number of rotatable bonds is 5. The van der Waals surface area contributed by atoms with E-state index in [1.165, 1.54) is 28.6 Å². The molecule has 1 amide bonds. The van der Waals surface area contributed by atoms with Gasteiger partial charge in [0.25, 0.3) is 0 Å². The largest absolute Gasteiger partial charge is 0.379 e. The minimum Gasteiger partial charge on any atom is -0.379 e. The molecule has 0 aromatic heterocycles. The van der Waals surface area contributed by atoms with Crippen molar-refractivity contribution in [1.82, 2.24) is 4.31 Å². The molecule has 2 aromatic rings. The highest BCUT2D eigenvalue weighted by atomic mass is 32.2. The van der Waals surface area contributed by atoms with Crippen LogP contribution in [0.2, 0.25) is 0 Å². The summed E-state index contributed by atoms with van der Waals surface area (Å²) in [5, 5.41) is 2.68. The molecule has 1 aliphatic rings. The Hall–Kier alpha value is -2.29. The summed E-state index contributed by atoms with van der Waals surface area (Å²) in [5.74, 6) is -0.756. The van der Waals surface area contributed by atoms with Gasteiger partial charge in [-0.05, 0) is 42.3 Å². The molecule has 0 spiro atoms. The highest BCUT2D eigenvalue weighted by molar-refractivity contribution is 7.89. The molecule has 1 aliphatic heterocycles. The molecule has 3 rings (SSSR count). The first-order valence-electron chi connectivity index (χ1n) is 8.59. The van der Waals surface area contributed by atoms with E-state index in [-0.39, 0.29) is 17.2 Å². The molecule has 1 heterocycles. The fourth-order valence-corrected chi connectivity index (χ4v) is 4.58. The molecule has 0 atom stereocenters. The smallest absolute Gasteiger partial charge is 0.243 e. The number of benzene rings is 2. The maximum absolute atomic E-state index is 13.2. The second-order valence-corrected chi connectivity index (χ2v) is 8.26. The van der Waals surface area contributed by atoms with Crippen LogP contribution in [-0.2, 0) is 26.0 Å². The number of sulfonamides is 1. The Labute approximate surface area is 158 Å². The van der Waals surface area contributed by atoms with E-state index in [4.69, 9.17) is 4.74 Å². The number of ether oxygens (including phenoxy) is 1. The van der Waals surface area contributed by atoms with E-state index in [1.807, 2.05) is 0 Å². The molecular formula is C19H21FN2O4S. The number of amides is 1. The molecule has 144 valence electrons. The van der Waals surface area contributed by atoms with Crippen LogP contribution in [0, 0.1) is 12.7 Å². The van der Waals surface area contributed by atoms with Crippen molar-refractivity contribution < 1.29 is 22.3 Å². The molecule has 0 bridgehead atoms. The van der Waals surface area contributed by atoms with E-state index < -0.39 is 15.8 Å². The second kappa shape index (κ2) is 8.16. The number of carbonyl (C=O) groups excluding carboxylic acids is 1. The lowest BCUT2D eigenvalue weighted by Crippen LogP contribution is -2.40.